The number of pyridine rings is 1. The van der Waals surface area contributed by atoms with Crippen LogP contribution in [0.1, 0.15) is 24.1 Å². The van der Waals surface area contributed by atoms with Crippen LogP contribution in [-0.4, -0.2) is 40.4 Å². The van der Waals surface area contributed by atoms with Crippen molar-refractivity contribution >= 4 is 52.0 Å². The number of hydrogen-bond donors (Lipinski definition) is 4. The summed E-state index contributed by atoms with van der Waals surface area (Å²) in [6.45, 7) is 2.14. The Labute approximate surface area is 202 Å². The number of carbonyl (C=O) groups excluding carboxylic acids is 1. The Bertz CT molecular complexity index is 1140. The number of halogens is 2. The quantitative estimate of drug-likeness (QED) is 0.391. The second-order valence-corrected chi connectivity index (χ2v) is 8.69. The van der Waals surface area contributed by atoms with Gasteiger partial charge in [0.1, 0.15) is 5.82 Å². The van der Waals surface area contributed by atoms with Crippen molar-refractivity contribution in [1.82, 2.24) is 4.98 Å². The molecule has 2 atom stereocenters. The summed E-state index contributed by atoms with van der Waals surface area (Å²) in [6, 6.07) is 16.5. The fourth-order valence-electron chi connectivity index (χ4n) is 3.74. The molecular weight excluding hydrogens is 463 g/mol. The maximum atomic E-state index is 13.1. The number of aromatic nitrogens is 1. The fourth-order valence-corrected chi connectivity index (χ4v) is 4.34. The molecule has 0 bridgehead atoms. The molecule has 0 aliphatic carbocycles. The van der Waals surface area contributed by atoms with Crippen molar-refractivity contribution in [3.05, 3.63) is 75.9 Å². The van der Waals surface area contributed by atoms with Crippen molar-refractivity contribution in [2.24, 2.45) is 0 Å². The fraction of sp³-hybridized carbons (Fsp3) is 0.250. The molecule has 2 unspecified atom stereocenters. The lowest BCUT2D eigenvalue weighted by molar-refractivity contribution is -0.120. The summed E-state index contributed by atoms with van der Waals surface area (Å²) < 4.78 is 0. The van der Waals surface area contributed by atoms with E-state index >= 15 is 0 Å². The lowest BCUT2D eigenvalue weighted by atomic mass is 9.95. The zero-order chi connectivity index (χ0) is 23.5. The largest absolute Gasteiger partial charge is 0.394 e. The van der Waals surface area contributed by atoms with Gasteiger partial charge in [-0.15, -0.1) is 0 Å². The molecule has 0 radical (unpaired) electrons. The lowest BCUT2D eigenvalue weighted by Gasteiger charge is -2.33. The van der Waals surface area contributed by atoms with Gasteiger partial charge in [0.25, 0.3) is 0 Å². The van der Waals surface area contributed by atoms with Crippen LogP contribution < -0.4 is 15.5 Å². The first-order chi connectivity index (χ1) is 15.9. The maximum absolute atomic E-state index is 13.1. The van der Waals surface area contributed by atoms with Gasteiger partial charge in [-0.2, -0.15) is 0 Å². The highest BCUT2D eigenvalue weighted by Crippen LogP contribution is 2.39. The first kappa shape index (κ1) is 23.3. The highest BCUT2D eigenvalue weighted by Gasteiger charge is 2.34. The SMILES string of the molecule is CC1C(=O)N(c2c(Cl)cccc2Cl)Cc2ccc(Nc3ccc(NCC(O)CO)cc3)nc21. The second kappa shape index (κ2) is 9.97. The standard InChI is InChI=1S/C24H24Cl2N4O3/c1-14-22-15(12-30(24(14)33)23-19(25)3-2-4-20(23)26)5-10-21(29-22)28-17-8-6-16(7-9-17)27-11-18(32)13-31/h2-10,14,18,27,31-32H,11-13H2,1H3,(H,28,29). The summed E-state index contributed by atoms with van der Waals surface area (Å²) in [5.41, 5.74) is 3.83. The van der Waals surface area contributed by atoms with Crippen LogP contribution in [0.2, 0.25) is 10.0 Å². The molecule has 1 aliphatic heterocycles. The molecule has 2 heterocycles. The van der Waals surface area contributed by atoms with E-state index < -0.39 is 12.0 Å². The molecule has 0 spiro atoms. The number of amides is 1. The third-order valence-electron chi connectivity index (χ3n) is 5.50. The minimum Gasteiger partial charge on any atom is -0.394 e. The van der Waals surface area contributed by atoms with E-state index in [2.05, 4.69) is 10.6 Å². The third kappa shape index (κ3) is 5.07. The van der Waals surface area contributed by atoms with E-state index in [0.29, 0.717) is 28.1 Å². The van der Waals surface area contributed by atoms with Crippen molar-refractivity contribution in [2.45, 2.75) is 25.5 Å². The first-order valence-electron chi connectivity index (χ1n) is 10.5. The van der Waals surface area contributed by atoms with E-state index in [4.69, 9.17) is 33.3 Å². The number of carbonyl (C=O) groups is 1. The number of aliphatic hydroxyl groups is 2. The summed E-state index contributed by atoms with van der Waals surface area (Å²) in [4.78, 5) is 19.5. The van der Waals surface area contributed by atoms with Crippen LogP contribution in [0.25, 0.3) is 0 Å². The molecule has 3 aromatic rings. The Hall–Kier alpha value is -2.84. The van der Waals surface area contributed by atoms with Crippen molar-refractivity contribution in [3.8, 4) is 0 Å². The number of nitrogens with zero attached hydrogens (tertiary/aromatic N) is 2. The van der Waals surface area contributed by atoms with E-state index in [-0.39, 0.29) is 19.1 Å². The maximum Gasteiger partial charge on any atom is 0.236 e. The molecule has 1 aliphatic rings. The van der Waals surface area contributed by atoms with E-state index in [0.717, 1.165) is 22.6 Å². The summed E-state index contributed by atoms with van der Waals surface area (Å²) in [5.74, 6) is 0.0732. The van der Waals surface area contributed by atoms with Gasteiger partial charge in [-0.1, -0.05) is 35.3 Å². The molecule has 7 nitrogen and oxygen atoms in total. The normalized spacial score (nSPS) is 16.3. The minimum atomic E-state index is -0.808. The van der Waals surface area contributed by atoms with E-state index in [1.54, 1.807) is 23.1 Å². The number of rotatable bonds is 7. The molecule has 33 heavy (non-hydrogen) atoms. The number of para-hydroxylation sites is 1. The smallest absolute Gasteiger partial charge is 0.236 e. The molecule has 0 saturated heterocycles. The Morgan fingerprint density at radius 3 is 2.42 bits per heavy atom. The molecule has 4 N–H and O–H groups in total. The van der Waals surface area contributed by atoms with Crippen LogP contribution in [0.15, 0.2) is 54.6 Å². The van der Waals surface area contributed by atoms with E-state index in [9.17, 15) is 9.90 Å². The summed E-state index contributed by atoms with van der Waals surface area (Å²) >= 11 is 12.7. The van der Waals surface area contributed by atoms with E-state index in [1.807, 2.05) is 43.3 Å². The van der Waals surface area contributed by atoms with Crippen LogP contribution >= 0.6 is 23.2 Å². The van der Waals surface area contributed by atoms with Crippen LogP contribution in [0.3, 0.4) is 0 Å². The Balaban J connectivity index is 1.51. The van der Waals surface area contributed by atoms with Crippen molar-refractivity contribution in [1.29, 1.82) is 0 Å². The van der Waals surface area contributed by atoms with Crippen molar-refractivity contribution < 1.29 is 15.0 Å². The van der Waals surface area contributed by atoms with Crippen LogP contribution in [0.4, 0.5) is 22.9 Å². The third-order valence-corrected chi connectivity index (χ3v) is 6.11. The molecule has 9 heteroatoms. The minimum absolute atomic E-state index is 0.109. The molecule has 1 amide bonds. The van der Waals surface area contributed by atoms with Gasteiger partial charge < -0.3 is 25.7 Å². The Morgan fingerprint density at radius 2 is 1.76 bits per heavy atom. The van der Waals surface area contributed by atoms with Gasteiger partial charge >= 0.3 is 0 Å². The predicted octanol–water partition coefficient (Wildman–Crippen LogP) is 4.55. The van der Waals surface area contributed by atoms with Gasteiger partial charge in [0, 0.05) is 17.9 Å². The monoisotopic (exact) mass is 486 g/mol. The highest BCUT2D eigenvalue weighted by molar-refractivity contribution is 6.40. The molecule has 0 fully saturated rings. The van der Waals surface area contributed by atoms with Crippen molar-refractivity contribution in [3.63, 3.8) is 0 Å². The van der Waals surface area contributed by atoms with Gasteiger partial charge in [0.05, 0.1) is 46.6 Å². The first-order valence-corrected chi connectivity index (χ1v) is 11.3. The number of anilines is 4. The molecule has 172 valence electrons. The lowest BCUT2D eigenvalue weighted by Crippen LogP contribution is -2.39. The van der Waals surface area contributed by atoms with Gasteiger partial charge in [0.15, 0.2) is 0 Å². The van der Waals surface area contributed by atoms with Crippen LogP contribution in [-0.2, 0) is 11.3 Å². The van der Waals surface area contributed by atoms with Gasteiger partial charge in [-0.25, -0.2) is 4.98 Å². The Kier molecular flexibility index (Phi) is 7.05. The molecular formula is C24H24Cl2N4O3. The number of fused-ring (bicyclic) bond motifs is 1. The number of benzene rings is 2. The van der Waals surface area contributed by atoms with Gasteiger partial charge in [-0.05, 0) is 55.0 Å². The summed E-state index contributed by atoms with van der Waals surface area (Å²) in [6.07, 6.45) is -0.808. The number of aliphatic hydroxyl groups excluding tert-OH is 2. The molecule has 2 aromatic carbocycles. The Morgan fingerprint density at radius 1 is 1.09 bits per heavy atom. The van der Waals surface area contributed by atoms with Crippen molar-refractivity contribution in [2.75, 3.05) is 28.7 Å². The molecule has 0 saturated carbocycles. The highest BCUT2D eigenvalue weighted by atomic mass is 35.5. The van der Waals surface area contributed by atoms with Gasteiger partial charge in [0.2, 0.25) is 5.91 Å². The zero-order valence-corrected chi connectivity index (χ0v) is 19.4. The number of hydrogen-bond acceptors (Lipinski definition) is 6. The van der Waals surface area contributed by atoms with Crippen LogP contribution in [0, 0.1) is 0 Å². The molecule has 1 aromatic heterocycles. The average Bonchev–Trinajstić information content (AvgIpc) is 2.81. The second-order valence-electron chi connectivity index (χ2n) is 7.88. The average molecular weight is 487 g/mol. The van der Waals surface area contributed by atoms with E-state index in [1.165, 1.54) is 0 Å². The predicted molar refractivity (Wildman–Crippen MR) is 132 cm³/mol. The summed E-state index contributed by atoms with van der Waals surface area (Å²) in [5, 5.41) is 25.5. The topological polar surface area (TPSA) is 97.7 Å². The van der Waals surface area contributed by atoms with Gasteiger partial charge in [-0.3, -0.25) is 4.79 Å². The summed E-state index contributed by atoms with van der Waals surface area (Å²) in [7, 11) is 0. The zero-order valence-electron chi connectivity index (χ0n) is 17.9. The van der Waals surface area contributed by atoms with Crippen LogP contribution in [0.5, 0.6) is 0 Å². The number of nitrogens with one attached hydrogen (secondary N) is 2. The molecule has 4 rings (SSSR count).